The summed E-state index contributed by atoms with van der Waals surface area (Å²) in [5, 5.41) is 5.87. The van der Waals surface area contributed by atoms with Gasteiger partial charge in [0.15, 0.2) is 12.4 Å². The Morgan fingerprint density at radius 3 is 2.67 bits per heavy atom. The Balaban J connectivity index is 1.84. The quantitative estimate of drug-likeness (QED) is 0.845. The van der Waals surface area contributed by atoms with Crippen LogP contribution in [0, 0.1) is 6.92 Å². The molecule has 1 amide bonds. The van der Waals surface area contributed by atoms with E-state index in [0.717, 1.165) is 12.1 Å². The summed E-state index contributed by atoms with van der Waals surface area (Å²) in [5.41, 5.74) is -0.714. The van der Waals surface area contributed by atoms with E-state index in [1.807, 2.05) is 0 Å². The molecule has 1 N–H and O–H groups in total. The number of ether oxygens (including phenoxy) is 1. The first-order valence-electron chi connectivity index (χ1n) is 6.79. The van der Waals surface area contributed by atoms with E-state index in [1.54, 1.807) is 6.92 Å². The maximum Gasteiger partial charge on any atom is 0.416 e. The second kappa shape index (κ2) is 7.16. The number of anilines is 1. The summed E-state index contributed by atoms with van der Waals surface area (Å²) in [5.74, 6) is -0.792. The lowest BCUT2D eigenvalue weighted by Gasteiger charge is -2.08. The zero-order valence-electron chi connectivity index (χ0n) is 12.5. The summed E-state index contributed by atoms with van der Waals surface area (Å²) < 4.78 is 47.2. The Bertz CT molecular complexity index is 740. The summed E-state index contributed by atoms with van der Waals surface area (Å²) in [4.78, 5) is 23.2. The first kappa shape index (κ1) is 17.5. The van der Waals surface area contributed by atoms with Crippen LogP contribution in [0.5, 0.6) is 0 Å². The largest absolute Gasteiger partial charge is 0.455 e. The number of halogens is 3. The van der Waals surface area contributed by atoms with E-state index in [2.05, 4.69) is 10.5 Å². The number of nitrogens with zero attached hydrogens (tertiary/aromatic N) is 1. The zero-order chi connectivity index (χ0) is 17.7. The number of esters is 1. The molecule has 1 heterocycles. The molecule has 0 spiro atoms. The van der Waals surface area contributed by atoms with Crippen LogP contribution in [-0.2, 0) is 26.9 Å². The standard InChI is InChI=1S/C15H13F3N2O4/c1-9-5-12(20-24-9)19-13(21)8-23-14(22)7-10-3-2-4-11(6-10)15(16,17)18/h2-6H,7-8H2,1H3,(H,19,20,21). The van der Waals surface area contributed by atoms with Gasteiger partial charge in [0.05, 0.1) is 12.0 Å². The molecule has 0 aliphatic heterocycles. The van der Waals surface area contributed by atoms with Gasteiger partial charge in [0.25, 0.3) is 5.91 Å². The fourth-order valence-electron chi connectivity index (χ4n) is 1.83. The number of benzene rings is 1. The second-order valence-corrected chi connectivity index (χ2v) is 4.91. The van der Waals surface area contributed by atoms with Crippen LogP contribution in [0.4, 0.5) is 19.0 Å². The Morgan fingerprint density at radius 1 is 1.29 bits per heavy atom. The summed E-state index contributed by atoms with van der Waals surface area (Å²) in [6.45, 7) is 1.06. The molecule has 1 aromatic heterocycles. The molecule has 2 aromatic rings. The van der Waals surface area contributed by atoms with Gasteiger partial charge in [-0.05, 0) is 18.6 Å². The van der Waals surface area contributed by atoms with Crippen LogP contribution in [0.2, 0.25) is 0 Å². The lowest BCUT2D eigenvalue weighted by molar-refractivity contribution is -0.146. The van der Waals surface area contributed by atoms with E-state index in [4.69, 9.17) is 9.26 Å². The van der Waals surface area contributed by atoms with Gasteiger partial charge in [0.1, 0.15) is 5.76 Å². The van der Waals surface area contributed by atoms with Crippen LogP contribution < -0.4 is 5.32 Å². The lowest BCUT2D eigenvalue weighted by atomic mass is 10.1. The Kier molecular flexibility index (Phi) is 5.22. The summed E-state index contributed by atoms with van der Waals surface area (Å²) in [6, 6.07) is 5.81. The summed E-state index contributed by atoms with van der Waals surface area (Å²) >= 11 is 0. The third-order valence-corrected chi connectivity index (χ3v) is 2.86. The highest BCUT2D eigenvalue weighted by Crippen LogP contribution is 2.29. The molecule has 24 heavy (non-hydrogen) atoms. The van der Waals surface area contributed by atoms with Crippen LogP contribution in [0.1, 0.15) is 16.9 Å². The number of nitrogens with one attached hydrogen (secondary N) is 1. The van der Waals surface area contributed by atoms with Crippen molar-refractivity contribution in [1.82, 2.24) is 5.16 Å². The number of alkyl halides is 3. The van der Waals surface area contributed by atoms with Crippen molar-refractivity contribution >= 4 is 17.7 Å². The van der Waals surface area contributed by atoms with Crippen molar-refractivity contribution in [2.75, 3.05) is 11.9 Å². The number of rotatable bonds is 5. The van der Waals surface area contributed by atoms with Crippen molar-refractivity contribution in [3.05, 3.63) is 47.2 Å². The normalized spacial score (nSPS) is 11.2. The highest BCUT2D eigenvalue weighted by atomic mass is 19.4. The van der Waals surface area contributed by atoms with Gasteiger partial charge >= 0.3 is 12.1 Å². The third kappa shape index (κ3) is 5.11. The predicted octanol–water partition coefficient (Wildman–Crippen LogP) is 2.73. The average Bonchev–Trinajstić information content (AvgIpc) is 2.90. The predicted molar refractivity (Wildman–Crippen MR) is 76.0 cm³/mol. The molecular weight excluding hydrogens is 329 g/mol. The highest BCUT2D eigenvalue weighted by Gasteiger charge is 2.30. The smallest absolute Gasteiger partial charge is 0.416 e. The van der Waals surface area contributed by atoms with Crippen molar-refractivity contribution in [2.24, 2.45) is 0 Å². The van der Waals surface area contributed by atoms with Crippen LogP contribution in [0.3, 0.4) is 0 Å². The molecule has 2 rings (SSSR count). The Hall–Kier alpha value is -2.84. The van der Waals surface area contributed by atoms with E-state index in [9.17, 15) is 22.8 Å². The molecule has 0 fully saturated rings. The van der Waals surface area contributed by atoms with Crippen molar-refractivity contribution in [2.45, 2.75) is 19.5 Å². The minimum absolute atomic E-state index is 0.141. The van der Waals surface area contributed by atoms with Crippen molar-refractivity contribution in [3.63, 3.8) is 0 Å². The minimum Gasteiger partial charge on any atom is -0.455 e. The van der Waals surface area contributed by atoms with Gasteiger partial charge < -0.3 is 14.6 Å². The van der Waals surface area contributed by atoms with Gasteiger partial charge in [-0.2, -0.15) is 13.2 Å². The number of hydrogen-bond donors (Lipinski definition) is 1. The molecule has 0 saturated heterocycles. The van der Waals surface area contributed by atoms with E-state index >= 15 is 0 Å². The third-order valence-electron chi connectivity index (χ3n) is 2.86. The molecule has 0 radical (unpaired) electrons. The van der Waals surface area contributed by atoms with E-state index in [-0.39, 0.29) is 17.8 Å². The van der Waals surface area contributed by atoms with Gasteiger partial charge in [0.2, 0.25) is 0 Å². The molecule has 0 bridgehead atoms. The Morgan fingerprint density at radius 2 is 2.04 bits per heavy atom. The molecule has 0 atom stereocenters. The molecule has 6 nitrogen and oxygen atoms in total. The zero-order valence-corrected chi connectivity index (χ0v) is 12.5. The van der Waals surface area contributed by atoms with Gasteiger partial charge in [-0.25, -0.2) is 0 Å². The number of carbonyl (C=O) groups is 2. The van der Waals surface area contributed by atoms with E-state index in [0.29, 0.717) is 5.76 Å². The lowest BCUT2D eigenvalue weighted by Crippen LogP contribution is -2.21. The molecule has 0 aliphatic carbocycles. The highest BCUT2D eigenvalue weighted by molar-refractivity contribution is 5.92. The number of amides is 1. The van der Waals surface area contributed by atoms with Gasteiger partial charge in [-0.3, -0.25) is 9.59 Å². The molecule has 0 aliphatic rings. The van der Waals surface area contributed by atoms with Crippen LogP contribution >= 0.6 is 0 Å². The van der Waals surface area contributed by atoms with Gasteiger partial charge in [0, 0.05) is 6.07 Å². The van der Waals surface area contributed by atoms with E-state index < -0.39 is 30.2 Å². The molecule has 9 heteroatoms. The van der Waals surface area contributed by atoms with Gasteiger partial charge in [-0.15, -0.1) is 0 Å². The number of carbonyl (C=O) groups excluding carboxylic acids is 2. The monoisotopic (exact) mass is 342 g/mol. The minimum atomic E-state index is -4.49. The van der Waals surface area contributed by atoms with Crippen LogP contribution in [0.25, 0.3) is 0 Å². The fourth-order valence-corrected chi connectivity index (χ4v) is 1.83. The number of aryl methyl sites for hydroxylation is 1. The second-order valence-electron chi connectivity index (χ2n) is 4.91. The summed E-state index contributed by atoms with van der Waals surface area (Å²) in [6.07, 6.45) is -4.87. The Labute approximate surface area is 134 Å². The molecular formula is C15H13F3N2O4. The molecule has 128 valence electrons. The maximum absolute atomic E-state index is 12.6. The first-order chi connectivity index (χ1) is 11.2. The average molecular weight is 342 g/mol. The first-order valence-corrected chi connectivity index (χ1v) is 6.79. The number of aromatic nitrogens is 1. The maximum atomic E-state index is 12.6. The fraction of sp³-hybridized carbons (Fsp3) is 0.267. The van der Waals surface area contributed by atoms with E-state index in [1.165, 1.54) is 18.2 Å². The van der Waals surface area contributed by atoms with Crippen molar-refractivity contribution < 1.29 is 32.0 Å². The topological polar surface area (TPSA) is 81.4 Å². The van der Waals surface area contributed by atoms with Crippen LogP contribution in [0.15, 0.2) is 34.9 Å². The SMILES string of the molecule is Cc1cc(NC(=O)COC(=O)Cc2cccc(C(F)(F)F)c2)no1. The molecule has 1 aromatic carbocycles. The van der Waals surface area contributed by atoms with Crippen LogP contribution in [-0.4, -0.2) is 23.6 Å². The van der Waals surface area contributed by atoms with Gasteiger partial charge in [-0.1, -0.05) is 23.4 Å². The molecule has 0 saturated carbocycles. The molecule has 0 unspecified atom stereocenters. The number of hydrogen-bond acceptors (Lipinski definition) is 5. The summed E-state index contributed by atoms with van der Waals surface area (Å²) in [7, 11) is 0. The van der Waals surface area contributed by atoms with Crippen molar-refractivity contribution in [1.29, 1.82) is 0 Å². The van der Waals surface area contributed by atoms with Crippen molar-refractivity contribution in [3.8, 4) is 0 Å².